The highest BCUT2D eigenvalue weighted by atomic mass is 16.5. The number of hydrogen-bond donors (Lipinski definition) is 0. The Balaban J connectivity index is 1.92. The predicted octanol–water partition coefficient (Wildman–Crippen LogP) is 3.52. The van der Waals surface area contributed by atoms with Crippen molar-refractivity contribution in [3.8, 4) is 0 Å². The number of nitrogens with zero attached hydrogens (tertiary/aromatic N) is 3. The van der Waals surface area contributed by atoms with Gasteiger partial charge in [-0.15, -0.1) is 0 Å². The second-order valence-corrected chi connectivity index (χ2v) is 6.28. The van der Waals surface area contributed by atoms with Crippen molar-refractivity contribution in [1.29, 1.82) is 0 Å². The Morgan fingerprint density at radius 1 is 1.27 bits per heavy atom. The molecule has 4 heteroatoms. The van der Waals surface area contributed by atoms with Crippen LogP contribution in [0.5, 0.6) is 0 Å². The number of likely N-dealkylation sites (N-methyl/N-ethyl adjacent to an activating group) is 1. The molecule has 0 fully saturated rings. The lowest BCUT2D eigenvalue weighted by molar-refractivity contribution is 0.180. The van der Waals surface area contributed by atoms with E-state index in [-0.39, 0.29) is 0 Å². The molecule has 1 aromatic carbocycles. The summed E-state index contributed by atoms with van der Waals surface area (Å²) in [7, 11) is 2.20. The molecule has 1 aromatic heterocycles. The van der Waals surface area contributed by atoms with Crippen molar-refractivity contribution in [2.24, 2.45) is 0 Å². The first kappa shape index (κ1) is 15.1. The van der Waals surface area contributed by atoms with Crippen molar-refractivity contribution in [3.05, 3.63) is 46.8 Å². The molecule has 1 aliphatic heterocycles. The van der Waals surface area contributed by atoms with E-state index < -0.39 is 0 Å². The van der Waals surface area contributed by atoms with Gasteiger partial charge in [0.15, 0.2) is 0 Å². The van der Waals surface area contributed by atoms with Gasteiger partial charge >= 0.3 is 0 Å². The lowest BCUT2D eigenvalue weighted by Gasteiger charge is -2.30. The molecule has 0 saturated carbocycles. The van der Waals surface area contributed by atoms with Crippen molar-refractivity contribution in [2.75, 3.05) is 18.5 Å². The summed E-state index contributed by atoms with van der Waals surface area (Å²) in [6.45, 7) is 9.25. The standard InChI is InChI=1S/C18H25N3O/c1-5-16-11-20(4)18-9-7-6-8-15(18)10-21(16)12-17-13(2)19-22-14(17)3/h6-9,16H,5,10-12H2,1-4H3/t16-/m1/s1. The number of hydrogen-bond acceptors (Lipinski definition) is 4. The zero-order valence-electron chi connectivity index (χ0n) is 14.0. The number of benzene rings is 1. The molecule has 0 spiro atoms. The maximum absolute atomic E-state index is 5.34. The molecule has 0 aliphatic carbocycles. The number of para-hydroxylation sites is 1. The zero-order chi connectivity index (χ0) is 15.7. The molecular weight excluding hydrogens is 274 g/mol. The van der Waals surface area contributed by atoms with Gasteiger partial charge in [-0.1, -0.05) is 30.3 Å². The Hall–Kier alpha value is -1.81. The molecule has 1 aliphatic rings. The van der Waals surface area contributed by atoms with Crippen LogP contribution in [0.4, 0.5) is 5.69 Å². The molecule has 0 N–H and O–H groups in total. The first-order chi connectivity index (χ1) is 10.6. The van der Waals surface area contributed by atoms with E-state index in [2.05, 4.69) is 53.2 Å². The van der Waals surface area contributed by atoms with Crippen LogP contribution < -0.4 is 4.90 Å². The highest BCUT2D eigenvalue weighted by Gasteiger charge is 2.26. The molecule has 1 atom stereocenters. The fourth-order valence-corrected chi connectivity index (χ4v) is 3.40. The molecule has 0 radical (unpaired) electrons. The number of anilines is 1. The van der Waals surface area contributed by atoms with E-state index in [0.29, 0.717) is 6.04 Å². The van der Waals surface area contributed by atoms with Gasteiger partial charge in [-0.2, -0.15) is 0 Å². The fourth-order valence-electron chi connectivity index (χ4n) is 3.40. The number of fused-ring (bicyclic) bond motifs is 1. The third-order valence-electron chi connectivity index (χ3n) is 4.79. The van der Waals surface area contributed by atoms with Gasteiger partial charge in [-0.3, -0.25) is 4.90 Å². The summed E-state index contributed by atoms with van der Waals surface area (Å²) in [5, 5.41) is 4.10. The van der Waals surface area contributed by atoms with E-state index in [1.807, 2.05) is 13.8 Å². The van der Waals surface area contributed by atoms with Crippen molar-refractivity contribution < 1.29 is 4.52 Å². The third kappa shape index (κ3) is 2.75. The van der Waals surface area contributed by atoms with E-state index in [9.17, 15) is 0 Å². The average molecular weight is 299 g/mol. The van der Waals surface area contributed by atoms with E-state index in [4.69, 9.17) is 4.52 Å². The summed E-state index contributed by atoms with van der Waals surface area (Å²) in [5.41, 5.74) is 4.99. The van der Waals surface area contributed by atoms with Crippen LogP contribution in [0.25, 0.3) is 0 Å². The second kappa shape index (κ2) is 6.13. The maximum atomic E-state index is 5.34. The SMILES string of the molecule is CC[C@@H]1CN(C)c2ccccc2CN1Cc1c(C)noc1C. The molecule has 2 heterocycles. The summed E-state index contributed by atoms with van der Waals surface area (Å²) in [5.74, 6) is 0.943. The Labute approximate surface area is 132 Å². The van der Waals surface area contributed by atoms with Gasteiger partial charge in [0.2, 0.25) is 0 Å². The molecule has 2 aromatic rings. The fraction of sp³-hybridized carbons (Fsp3) is 0.500. The van der Waals surface area contributed by atoms with Crippen LogP contribution in [0.1, 0.15) is 35.9 Å². The first-order valence-corrected chi connectivity index (χ1v) is 8.05. The highest BCUT2D eigenvalue weighted by molar-refractivity contribution is 5.54. The second-order valence-electron chi connectivity index (χ2n) is 6.28. The molecule has 0 bridgehead atoms. The van der Waals surface area contributed by atoms with Crippen LogP contribution in [-0.2, 0) is 13.1 Å². The molecule has 22 heavy (non-hydrogen) atoms. The molecule has 0 saturated heterocycles. The Morgan fingerprint density at radius 3 is 2.73 bits per heavy atom. The topological polar surface area (TPSA) is 32.5 Å². The van der Waals surface area contributed by atoms with Crippen molar-refractivity contribution in [2.45, 2.75) is 46.3 Å². The van der Waals surface area contributed by atoms with E-state index in [1.54, 1.807) is 0 Å². The van der Waals surface area contributed by atoms with Crippen LogP contribution in [-0.4, -0.2) is 29.7 Å². The molecule has 118 valence electrons. The number of rotatable bonds is 3. The van der Waals surface area contributed by atoms with Crippen LogP contribution in [0.2, 0.25) is 0 Å². The molecular formula is C18H25N3O. The van der Waals surface area contributed by atoms with Gasteiger partial charge in [-0.05, 0) is 31.9 Å². The normalized spacial score (nSPS) is 19.1. The summed E-state index contributed by atoms with van der Waals surface area (Å²) in [4.78, 5) is 4.95. The van der Waals surface area contributed by atoms with Crippen molar-refractivity contribution >= 4 is 5.69 Å². The minimum absolute atomic E-state index is 0.533. The van der Waals surface area contributed by atoms with E-state index in [0.717, 1.165) is 37.5 Å². The summed E-state index contributed by atoms with van der Waals surface area (Å²) in [6.07, 6.45) is 1.14. The smallest absolute Gasteiger partial charge is 0.138 e. The van der Waals surface area contributed by atoms with Gasteiger partial charge in [-0.25, -0.2) is 0 Å². The largest absolute Gasteiger partial charge is 0.373 e. The Morgan fingerprint density at radius 2 is 2.05 bits per heavy atom. The average Bonchev–Trinajstić information content (AvgIpc) is 2.76. The minimum Gasteiger partial charge on any atom is -0.373 e. The molecule has 3 rings (SSSR count). The molecule has 4 nitrogen and oxygen atoms in total. The zero-order valence-corrected chi connectivity index (χ0v) is 14.0. The summed E-state index contributed by atoms with van der Waals surface area (Å²) >= 11 is 0. The molecule has 0 unspecified atom stereocenters. The quantitative estimate of drug-likeness (QED) is 0.868. The van der Waals surface area contributed by atoms with Crippen molar-refractivity contribution in [3.63, 3.8) is 0 Å². The van der Waals surface area contributed by atoms with Crippen LogP contribution >= 0.6 is 0 Å². The van der Waals surface area contributed by atoms with Crippen LogP contribution in [0.3, 0.4) is 0 Å². The van der Waals surface area contributed by atoms with Crippen LogP contribution in [0, 0.1) is 13.8 Å². The Bertz CT molecular complexity index is 630. The van der Waals surface area contributed by atoms with Gasteiger partial charge in [0.1, 0.15) is 5.76 Å². The number of aromatic nitrogens is 1. The monoisotopic (exact) mass is 299 g/mol. The Kier molecular flexibility index (Phi) is 4.21. The van der Waals surface area contributed by atoms with E-state index in [1.165, 1.54) is 16.8 Å². The van der Waals surface area contributed by atoms with Gasteiger partial charge < -0.3 is 9.42 Å². The van der Waals surface area contributed by atoms with Gasteiger partial charge in [0, 0.05) is 44.0 Å². The van der Waals surface area contributed by atoms with Crippen LogP contribution in [0.15, 0.2) is 28.8 Å². The lowest BCUT2D eigenvalue weighted by atomic mass is 10.1. The third-order valence-corrected chi connectivity index (χ3v) is 4.79. The lowest BCUT2D eigenvalue weighted by Crippen LogP contribution is -2.39. The van der Waals surface area contributed by atoms with Crippen molar-refractivity contribution in [1.82, 2.24) is 10.1 Å². The molecule has 0 amide bonds. The van der Waals surface area contributed by atoms with E-state index >= 15 is 0 Å². The summed E-state index contributed by atoms with van der Waals surface area (Å²) < 4.78 is 5.34. The highest BCUT2D eigenvalue weighted by Crippen LogP contribution is 2.29. The predicted molar refractivity (Wildman–Crippen MR) is 89.0 cm³/mol. The number of aryl methyl sites for hydroxylation is 2. The maximum Gasteiger partial charge on any atom is 0.138 e. The first-order valence-electron chi connectivity index (χ1n) is 8.05. The summed E-state index contributed by atoms with van der Waals surface area (Å²) in [6, 6.07) is 9.25. The minimum atomic E-state index is 0.533. The van der Waals surface area contributed by atoms with Gasteiger partial charge in [0.25, 0.3) is 0 Å². The van der Waals surface area contributed by atoms with Gasteiger partial charge in [0.05, 0.1) is 5.69 Å².